The molecule has 0 amide bonds. The van der Waals surface area contributed by atoms with Gasteiger partial charge < -0.3 is 4.90 Å². The lowest BCUT2D eigenvalue weighted by molar-refractivity contribution is 0.585. The number of hydrogen-bond acceptors (Lipinski definition) is 1. The summed E-state index contributed by atoms with van der Waals surface area (Å²) in [6.07, 6.45) is 1.18. The van der Waals surface area contributed by atoms with Crippen molar-refractivity contribution in [3.63, 3.8) is 0 Å². The van der Waals surface area contributed by atoms with Gasteiger partial charge in [0.25, 0.3) is 0 Å². The van der Waals surface area contributed by atoms with Gasteiger partial charge in [-0.2, -0.15) is 0 Å². The van der Waals surface area contributed by atoms with Crippen molar-refractivity contribution in [1.29, 1.82) is 0 Å². The SMILES string of the molecule is CC(C)CCN(C)c1c(Cl)cccc1CBr. The molecule has 1 rings (SSSR count). The maximum Gasteiger partial charge on any atom is 0.0642 e. The Morgan fingerprint density at radius 1 is 1.38 bits per heavy atom. The minimum Gasteiger partial charge on any atom is -0.373 e. The van der Waals surface area contributed by atoms with Crippen LogP contribution in [0.25, 0.3) is 0 Å². The van der Waals surface area contributed by atoms with Crippen molar-refractivity contribution in [2.75, 3.05) is 18.5 Å². The molecule has 0 atom stereocenters. The van der Waals surface area contributed by atoms with Gasteiger partial charge in [0.15, 0.2) is 0 Å². The van der Waals surface area contributed by atoms with Gasteiger partial charge in [0, 0.05) is 18.9 Å². The first-order chi connectivity index (χ1) is 7.56. The molecule has 0 saturated carbocycles. The van der Waals surface area contributed by atoms with Gasteiger partial charge in [-0.15, -0.1) is 0 Å². The van der Waals surface area contributed by atoms with E-state index in [0.717, 1.165) is 28.5 Å². The Hall–Kier alpha value is -0.210. The van der Waals surface area contributed by atoms with Crippen molar-refractivity contribution in [3.05, 3.63) is 28.8 Å². The summed E-state index contributed by atoms with van der Waals surface area (Å²) < 4.78 is 0. The van der Waals surface area contributed by atoms with Gasteiger partial charge in [-0.3, -0.25) is 0 Å². The van der Waals surface area contributed by atoms with Crippen LogP contribution in [-0.4, -0.2) is 13.6 Å². The Labute approximate surface area is 112 Å². The molecular formula is C13H19BrClN. The van der Waals surface area contributed by atoms with Crippen molar-refractivity contribution in [2.24, 2.45) is 5.92 Å². The van der Waals surface area contributed by atoms with E-state index in [9.17, 15) is 0 Å². The number of anilines is 1. The maximum atomic E-state index is 6.26. The summed E-state index contributed by atoms with van der Waals surface area (Å²) in [5.41, 5.74) is 2.40. The lowest BCUT2D eigenvalue weighted by Crippen LogP contribution is -2.21. The van der Waals surface area contributed by atoms with E-state index in [4.69, 9.17) is 11.6 Å². The van der Waals surface area contributed by atoms with E-state index in [-0.39, 0.29) is 0 Å². The zero-order valence-electron chi connectivity index (χ0n) is 10.1. The van der Waals surface area contributed by atoms with Crippen molar-refractivity contribution in [3.8, 4) is 0 Å². The van der Waals surface area contributed by atoms with Crippen LogP contribution < -0.4 is 4.90 Å². The molecule has 3 heteroatoms. The van der Waals surface area contributed by atoms with E-state index in [2.05, 4.69) is 47.8 Å². The quantitative estimate of drug-likeness (QED) is 0.712. The molecule has 16 heavy (non-hydrogen) atoms. The highest BCUT2D eigenvalue weighted by atomic mass is 79.9. The number of benzene rings is 1. The lowest BCUT2D eigenvalue weighted by Gasteiger charge is -2.24. The first kappa shape index (κ1) is 13.9. The van der Waals surface area contributed by atoms with Crippen LogP contribution >= 0.6 is 27.5 Å². The van der Waals surface area contributed by atoms with Crippen LogP contribution in [0.3, 0.4) is 0 Å². The number of nitrogens with zero attached hydrogens (tertiary/aromatic N) is 1. The molecule has 1 nitrogen and oxygen atoms in total. The van der Waals surface area contributed by atoms with Gasteiger partial charge in [-0.05, 0) is 24.0 Å². The normalized spacial score (nSPS) is 10.9. The molecule has 1 aromatic rings. The fraction of sp³-hybridized carbons (Fsp3) is 0.538. The smallest absolute Gasteiger partial charge is 0.0642 e. The standard InChI is InChI=1S/C13H19BrClN/c1-10(2)7-8-16(3)13-11(9-14)5-4-6-12(13)15/h4-6,10H,7-9H2,1-3H3. The first-order valence-electron chi connectivity index (χ1n) is 5.60. The van der Waals surface area contributed by atoms with Crippen LogP contribution in [0.1, 0.15) is 25.8 Å². The number of rotatable bonds is 5. The zero-order valence-corrected chi connectivity index (χ0v) is 12.5. The summed E-state index contributed by atoms with van der Waals surface area (Å²) in [4.78, 5) is 2.25. The van der Waals surface area contributed by atoms with Crippen molar-refractivity contribution in [2.45, 2.75) is 25.6 Å². The van der Waals surface area contributed by atoms with E-state index in [1.807, 2.05) is 12.1 Å². The highest BCUT2D eigenvalue weighted by molar-refractivity contribution is 9.08. The summed E-state index contributed by atoms with van der Waals surface area (Å²) in [7, 11) is 2.11. The Morgan fingerprint density at radius 3 is 2.62 bits per heavy atom. The van der Waals surface area contributed by atoms with Gasteiger partial charge in [-0.25, -0.2) is 0 Å². The van der Waals surface area contributed by atoms with Gasteiger partial charge in [0.05, 0.1) is 10.7 Å². The van der Waals surface area contributed by atoms with E-state index in [1.54, 1.807) is 0 Å². The average Bonchev–Trinajstić information content (AvgIpc) is 2.25. The summed E-state index contributed by atoms with van der Waals surface area (Å²) in [5.74, 6) is 0.720. The largest absolute Gasteiger partial charge is 0.373 e. The minimum absolute atomic E-state index is 0.720. The second-order valence-electron chi connectivity index (χ2n) is 4.49. The summed E-state index contributed by atoms with van der Waals surface area (Å²) in [6.45, 7) is 5.53. The van der Waals surface area contributed by atoms with Crippen molar-refractivity contribution < 1.29 is 0 Å². The Kier molecular flexibility index (Phi) is 5.63. The number of alkyl halides is 1. The van der Waals surface area contributed by atoms with Crippen LogP contribution in [0.4, 0.5) is 5.69 Å². The third-order valence-corrected chi connectivity index (χ3v) is 3.55. The average molecular weight is 305 g/mol. The Morgan fingerprint density at radius 2 is 2.06 bits per heavy atom. The molecular weight excluding hydrogens is 286 g/mol. The van der Waals surface area contributed by atoms with Crippen LogP contribution in [0.15, 0.2) is 18.2 Å². The summed E-state index contributed by atoms with van der Waals surface area (Å²) in [6, 6.07) is 6.06. The molecule has 0 aliphatic heterocycles. The maximum absolute atomic E-state index is 6.26. The lowest BCUT2D eigenvalue weighted by atomic mass is 10.1. The second-order valence-corrected chi connectivity index (χ2v) is 5.45. The number of hydrogen-bond donors (Lipinski definition) is 0. The van der Waals surface area contributed by atoms with Gasteiger partial charge in [-0.1, -0.05) is 53.5 Å². The minimum atomic E-state index is 0.720. The first-order valence-corrected chi connectivity index (χ1v) is 7.10. The van der Waals surface area contributed by atoms with Crippen LogP contribution in [0, 0.1) is 5.92 Å². The molecule has 0 radical (unpaired) electrons. The van der Waals surface area contributed by atoms with Gasteiger partial charge in [0.2, 0.25) is 0 Å². The molecule has 90 valence electrons. The Balaban J connectivity index is 2.84. The fourth-order valence-electron chi connectivity index (χ4n) is 1.66. The highest BCUT2D eigenvalue weighted by Crippen LogP contribution is 2.30. The van der Waals surface area contributed by atoms with Crippen molar-refractivity contribution >= 4 is 33.2 Å². The third kappa shape index (κ3) is 3.67. The monoisotopic (exact) mass is 303 g/mol. The molecule has 0 saturated heterocycles. The second kappa shape index (κ2) is 6.51. The van der Waals surface area contributed by atoms with Gasteiger partial charge >= 0.3 is 0 Å². The topological polar surface area (TPSA) is 3.24 Å². The molecule has 0 fully saturated rings. The number of halogens is 2. The van der Waals surface area contributed by atoms with E-state index >= 15 is 0 Å². The van der Waals surface area contributed by atoms with Crippen LogP contribution in [-0.2, 0) is 5.33 Å². The predicted octanol–water partition coefficient (Wildman–Crippen LogP) is 4.72. The summed E-state index contributed by atoms with van der Waals surface area (Å²) >= 11 is 9.76. The van der Waals surface area contributed by atoms with Crippen LogP contribution in [0.2, 0.25) is 5.02 Å². The predicted molar refractivity (Wildman–Crippen MR) is 76.8 cm³/mol. The molecule has 0 aromatic heterocycles. The molecule has 0 spiro atoms. The van der Waals surface area contributed by atoms with E-state index in [1.165, 1.54) is 12.0 Å². The third-order valence-electron chi connectivity index (χ3n) is 2.64. The molecule has 0 unspecified atom stereocenters. The molecule has 0 aliphatic carbocycles. The van der Waals surface area contributed by atoms with E-state index < -0.39 is 0 Å². The van der Waals surface area contributed by atoms with E-state index in [0.29, 0.717) is 0 Å². The molecule has 0 heterocycles. The summed E-state index contributed by atoms with van der Waals surface area (Å²) in [5, 5.41) is 1.68. The number of para-hydroxylation sites is 1. The Bertz CT molecular complexity index is 339. The zero-order chi connectivity index (χ0) is 12.1. The fourth-order valence-corrected chi connectivity index (χ4v) is 2.45. The molecule has 0 N–H and O–H groups in total. The van der Waals surface area contributed by atoms with Gasteiger partial charge in [0.1, 0.15) is 0 Å². The molecule has 0 aliphatic rings. The van der Waals surface area contributed by atoms with Crippen LogP contribution in [0.5, 0.6) is 0 Å². The molecule has 1 aromatic carbocycles. The molecule has 0 bridgehead atoms. The van der Waals surface area contributed by atoms with Crippen molar-refractivity contribution in [1.82, 2.24) is 0 Å². The highest BCUT2D eigenvalue weighted by Gasteiger charge is 2.11.